The first kappa shape index (κ1) is 16.7. The molecule has 4 heterocycles. The Bertz CT molecular complexity index is 765. The fourth-order valence-corrected chi connectivity index (χ4v) is 3.63. The van der Waals surface area contributed by atoms with Crippen LogP contribution in [0, 0.1) is 0 Å². The van der Waals surface area contributed by atoms with E-state index in [4.69, 9.17) is 9.15 Å². The second-order valence-corrected chi connectivity index (χ2v) is 6.48. The third-order valence-electron chi connectivity index (χ3n) is 4.90. The zero-order chi connectivity index (χ0) is 17.9. The maximum absolute atomic E-state index is 12.6. The number of furan rings is 1. The van der Waals surface area contributed by atoms with Crippen LogP contribution in [-0.2, 0) is 16.1 Å². The summed E-state index contributed by atoms with van der Waals surface area (Å²) in [5.41, 5.74) is 0.339. The molecule has 4 rings (SSSR count). The second kappa shape index (κ2) is 7.25. The van der Waals surface area contributed by atoms with Crippen molar-refractivity contribution < 1.29 is 18.7 Å². The van der Waals surface area contributed by atoms with Gasteiger partial charge in [-0.05, 0) is 31.4 Å². The van der Waals surface area contributed by atoms with Gasteiger partial charge >= 0.3 is 0 Å². The van der Waals surface area contributed by atoms with Gasteiger partial charge < -0.3 is 19.4 Å². The molecule has 136 valence electrons. The zero-order valence-corrected chi connectivity index (χ0v) is 14.2. The molecular formula is C18H20N4O4. The van der Waals surface area contributed by atoms with E-state index >= 15 is 0 Å². The molecule has 8 heteroatoms. The van der Waals surface area contributed by atoms with Crippen molar-refractivity contribution in [2.24, 2.45) is 0 Å². The predicted octanol–water partition coefficient (Wildman–Crippen LogP) is 1.15. The summed E-state index contributed by atoms with van der Waals surface area (Å²) in [5.74, 6) is 0.433. The number of rotatable bonds is 4. The van der Waals surface area contributed by atoms with Gasteiger partial charge in [0.05, 0.1) is 31.2 Å². The number of fused-ring (bicyclic) bond motifs is 1. The molecule has 8 nitrogen and oxygen atoms in total. The zero-order valence-electron chi connectivity index (χ0n) is 14.2. The molecule has 3 atom stereocenters. The molecule has 2 aliphatic heterocycles. The molecule has 0 saturated carbocycles. The van der Waals surface area contributed by atoms with Crippen molar-refractivity contribution in [1.82, 2.24) is 20.2 Å². The van der Waals surface area contributed by atoms with Crippen LogP contribution in [0.4, 0.5) is 0 Å². The Morgan fingerprint density at radius 2 is 2.19 bits per heavy atom. The average molecular weight is 356 g/mol. The van der Waals surface area contributed by atoms with E-state index in [-0.39, 0.29) is 24.0 Å². The number of nitrogens with one attached hydrogen (secondary N) is 1. The molecule has 2 aromatic heterocycles. The first-order chi connectivity index (χ1) is 12.7. The quantitative estimate of drug-likeness (QED) is 0.882. The summed E-state index contributed by atoms with van der Waals surface area (Å²) in [6.45, 7) is 0.947. The van der Waals surface area contributed by atoms with E-state index in [1.54, 1.807) is 23.4 Å². The smallest absolute Gasteiger partial charge is 0.274 e. The highest BCUT2D eigenvalue weighted by atomic mass is 16.5. The van der Waals surface area contributed by atoms with Gasteiger partial charge in [-0.25, -0.2) is 4.98 Å². The van der Waals surface area contributed by atoms with Gasteiger partial charge in [0.15, 0.2) is 0 Å². The van der Waals surface area contributed by atoms with Gasteiger partial charge in [-0.1, -0.05) is 0 Å². The molecule has 0 radical (unpaired) electrons. The number of ether oxygens (including phenoxy) is 1. The lowest BCUT2D eigenvalue weighted by Crippen LogP contribution is -2.49. The summed E-state index contributed by atoms with van der Waals surface area (Å²) < 4.78 is 11.2. The lowest BCUT2D eigenvalue weighted by Gasteiger charge is -2.35. The number of carbonyl (C=O) groups is 2. The van der Waals surface area contributed by atoms with Gasteiger partial charge in [-0.15, -0.1) is 0 Å². The Morgan fingerprint density at radius 1 is 1.27 bits per heavy atom. The number of aromatic nitrogens is 2. The van der Waals surface area contributed by atoms with Crippen LogP contribution < -0.4 is 5.32 Å². The molecule has 1 N–H and O–H groups in total. The molecule has 2 aromatic rings. The van der Waals surface area contributed by atoms with E-state index in [9.17, 15) is 9.59 Å². The fourth-order valence-electron chi connectivity index (χ4n) is 3.63. The normalized spacial score (nSPS) is 24.9. The van der Waals surface area contributed by atoms with Crippen LogP contribution in [0.5, 0.6) is 0 Å². The summed E-state index contributed by atoms with van der Waals surface area (Å²) in [7, 11) is 0. The largest absolute Gasteiger partial charge is 0.467 e. The van der Waals surface area contributed by atoms with Crippen molar-refractivity contribution in [2.75, 3.05) is 6.54 Å². The molecule has 2 fully saturated rings. The minimum Gasteiger partial charge on any atom is -0.467 e. The first-order valence-corrected chi connectivity index (χ1v) is 8.75. The van der Waals surface area contributed by atoms with Crippen LogP contribution in [0.15, 0.2) is 41.4 Å². The lowest BCUT2D eigenvalue weighted by atomic mass is 9.98. The summed E-state index contributed by atoms with van der Waals surface area (Å²) in [4.78, 5) is 34.8. The van der Waals surface area contributed by atoms with Gasteiger partial charge in [-0.2, -0.15) is 0 Å². The van der Waals surface area contributed by atoms with Crippen molar-refractivity contribution in [3.63, 3.8) is 0 Å². The third-order valence-corrected chi connectivity index (χ3v) is 4.90. The minimum atomic E-state index is -0.488. The predicted molar refractivity (Wildman–Crippen MR) is 89.9 cm³/mol. The Morgan fingerprint density at radius 3 is 2.96 bits per heavy atom. The minimum absolute atomic E-state index is 0.0152. The molecular weight excluding hydrogens is 336 g/mol. The van der Waals surface area contributed by atoms with Gasteiger partial charge in [0.1, 0.15) is 17.6 Å². The summed E-state index contributed by atoms with van der Waals surface area (Å²) in [5, 5.41) is 2.84. The Balaban J connectivity index is 1.34. The van der Waals surface area contributed by atoms with E-state index in [1.807, 2.05) is 6.07 Å². The van der Waals surface area contributed by atoms with Crippen molar-refractivity contribution in [3.05, 3.63) is 48.4 Å². The standard InChI is InChI=1S/C18H20N4O4/c23-17(21-10-12-2-1-9-25-12)16-4-3-14-15(26-16)5-8-22(14)18(24)13-11-19-6-7-20-13/h1-2,6-7,9,11,14-16H,3-5,8,10H2,(H,21,23)/t14-,15-,16-/m0/s1. The number of hydrogen-bond donors (Lipinski definition) is 1. The third kappa shape index (κ3) is 3.32. The average Bonchev–Trinajstić information content (AvgIpc) is 3.35. The van der Waals surface area contributed by atoms with Crippen LogP contribution in [0.2, 0.25) is 0 Å². The molecule has 0 bridgehead atoms. The summed E-state index contributed by atoms with van der Waals surface area (Å²) in [6.07, 6.45) is 7.52. The van der Waals surface area contributed by atoms with Gasteiger partial charge in [-0.3, -0.25) is 14.6 Å². The van der Waals surface area contributed by atoms with E-state index in [1.165, 1.54) is 12.4 Å². The molecule has 0 unspecified atom stereocenters. The van der Waals surface area contributed by atoms with Gasteiger partial charge in [0.2, 0.25) is 5.91 Å². The first-order valence-electron chi connectivity index (χ1n) is 8.75. The molecule has 2 amide bonds. The maximum Gasteiger partial charge on any atom is 0.274 e. The molecule has 2 saturated heterocycles. The molecule has 2 aliphatic rings. The van der Waals surface area contributed by atoms with Crippen molar-refractivity contribution >= 4 is 11.8 Å². The number of nitrogens with zero attached hydrogens (tertiary/aromatic N) is 3. The summed E-state index contributed by atoms with van der Waals surface area (Å²) >= 11 is 0. The number of hydrogen-bond acceptors (Lipinski definition) is 6. The van der Waals surface area contributed by atoms with Crippen LogP contribution >= 0.6 is 0 Å². The monoisotopic (exact) mass is 356 g/mol. The Kier molecular flexibility index (Phi) is 4.66. The number of amides is 2. The van der Waals surface area contributed by atoms with E-state index in [2.05, 4.69) is 15.3 Å². The Labute approximate surface area is 150 Å². The topological polar surface area (TPSA) is 97.6 Å². The lowest BCUT2D eigenvalue weighted by molar-refractivity contribution is -0.143. The SMILES string of the molecule is O=C(NCc1ccco1)[C@@H]1CC[C@H]2[C@H](CCN2C(=O)c2cnccn2)O1. The maximum atomic E-state index is 12.6. The van der Waals surface area contributed by atoms with Crippen LogP contribution in [0.25, 0.3) is 0 Å². The van der Waals surface area contributed by atoms with E-state index < -0.39 is 6.10 Å². The second-order valence-electron chi connectivity index (χ2n) is 6.48. The number of likely N-dealkylation sites (tertiary alicyclic amines) is 1. The van der Waals surface area contributed by atoms with Crippen LogP contribution in [0.3, 0.4) is 0 Å². The van der Waals surface area contributed by atoms with E-state index in [0.29, 0.717) is 31.0 Å². The van der Waals surface area contributed by atoms with Crippen molar-refractivity contribution in [3.8, 4) is 0 Å². The molecule has 0 spiro atoms. The van der Waals surface area contributed by atoms with Gasteiger partial charge in [0, 0.05) is 18.9 Å². The highest BCUT2D eigenvalue weighted by Gasteiger charge is 2.43. The Hall–Kier alpha value is -2.74. The highest BCUT2D eigenvalue weighted by Crippen LogP contribution is 2.32. The summed E-state index contributed by atoms with van der Waals surface area (Å²) in [6, 6.07) is 3.58. The van der Waals surface area contributed by atoms with Crippen molar-refractivity contribution in [1.29, 1.82) is 0 Å². The fraction of sp³-hybridized carbons (Fsp3) is 0.444. The van der Waals surface area contributed by atoms with Crippen LogP contribution in [0.1, 0.15) is 35.5 Å². The molecule has 0 aromatic carbocycles. The van der Waals surface area contributed by atoms with Gasteiger partial charge in [0.25, 0.3) is 5.91 Å². The van der Waals surface area contributed by atoms with E-state index in [0.717, 1.165) is 12.8 Å². The van der Waals surface area contributed by atoms with Crippen LogP contribution in [-0.4, -0.2) is 51.5 Å². The number of carbonyl (C=O) groups excluding carboxylic acids is 2. The molecule has 0 aliphatic carbocycles. The van der Waals surface area contributed by atoms with Crippen molar-refractivity contribution in [2.45, 2.75) is 44.1 Å². The molecule has 26 heavy (non-hydrogen) atoms. The highest BCUT2D eigenvalue weighted by molar-refractivity contribution is 5.92.